The van der Waals surface area contributed by atoms with Gasteiger partial charge in [-0.15, -0.1) is 11.3 Å². The number of thiazole rings is 1. The van der Waals surface area contributed by atoms with Crippen LogP contribution < -0.4 is 15.6 Å². The summed E-state index contributed by atoms with van der Waals surface area (Å²) in [5.41, 5.74) is 7.62. The maximum atomic E-state index is 12.2. The lowest BCUT2D eigenvalue weighted by molar-refractivity contribution is 0.0847. The number of amides is 2. The number of hydrogen-bond acceptors (Lipinski definition) is 5. The minimum Gasteiger partial charge on any atom is -0.487 e. The largest absolute Gasteiger partial charge is 0.487 e. The van der Waals surface area contributed by atoms with Crippen molar-refractivity contribution in [3.05, 3.63) is 80.2 Å². The third-order valence-electron chi connectivity index (χ3n) is 3.47. The summed E-state index contributed by atoms with van der Waals surface area (Å²) >= 11 is 13.4. The van der Waals surface area contributed by atoms with Gasteiger partial charge in [0.2, 0.25) is 0 Å². The van der Waals surface area contributed by atoms with Crippen molar-refractivity contribution < 1.29 is 14.3 Å². The second-order valence-corrected chi connectivity index (χ2v) is 6.83. The zero-order chi connectivity index (χ0) is 19.2. The minimum atomic E-state index is -0.609. The molecule has 0 saturated carbocycles. The van der Waals surface area contributed by atoms with Crippen molar-refractivity contribution in [2.45, 2.75) is 6.61 Å². The van der Waals surface area contributed by atoms with Crippen molar-refractivity contribution >= 4 is 46.4 Å². The monoisotopic (exact) mass is 421 g/mol. The number of ether oxygens (including phenoxy) is 1. The summed E-state index contributed by atoms with van der Waals surface area (Å²) in [5, 5.41) is 2.28. The first-order valence-electron chi connectivity index (χ1n) is 7.69. The minimum absolute atomic E-state index is 0.0897. The maximum absolute atomic E-state index is 12.2. The Hall–Kier alpha value is -2.61. The Kier molecular flexibility index (Phi) is 6.28. The average Bonchev–Trinajstić information content (AvgIpc) is 3.18. The van der Waals surface area contributed by atoms with E-state index in [1.165, 1.54) is 23.5 Å². The number of aromatic nitrogens is 1. The van der Waals surface area contributed by atoms with Gasteiger partial charge in [-0.3, -0.25) is 20.4 Å². The Morgan fingerprint density at radius 1 is 1.00 bits per heavy atom. The van der Waals surface area contributed by atoms with E-state index in [-0.39, 0.29) is 15.6 Å². The summed E-state index contributed by atoms with van der Waals surface area (Å²) in [7, 11) is 0. The predicted molar refractivity (Wildman–Crippen MR) is 104 cm³/mol. The number of hydrogen-bond donors (Lipinski definition) is 2. The van der Waals surface area contributed by atoms with Gasteiger partial charge in [0.1, 0.15) is 12.4 Å². The third-order valence-corrected chi connectivity index (χ3v) is 4.73. The highest BCUT2D eigenvalue weighted by molar-refractivity contribution is 7.07. The number of benzene rings is 2. The number of halogens is 2. The van der Waals surface area contributed by atoms with Crippen LogP contribution in [0.3, 0.4) is 0 Å². The van der Waals surface area contributed by atoms with Crippen LogP contribution in [0.4, 0.5) is 0 Å². The van der Waals surface area contributed by atoms with Crippen molar-refractivity contribution in [2.75, 3.05) is 0 Å². The van der Waals surface area contributed by atoms with Crippen LogP contribution >= 0.6 is 34.5 Å². The number of rotatable bonds is 5. The van der Waals surface area contributed by atoms with E-state index >= 15 is 0 Å². The first-order valence-corrected chi connectivity index (χ1v) is 9.39. The van der Waals surface area contributed by atoms with Crippen molar-refractivity contribution in [2.24, 2.45) is 0 Å². The quantitative estimate of drug-likeness (QED) is 0.607. The molecule has 0 bridgehead atoms. The summed E-state index contributed by atoms with van der Waals surface area (Å²) in [6, 6.07) is 11.2. The Morgan fingerprint density at radius 2 is 1.67 bits per heavy atom. The Morgan fingerprint density at radius 3 is 2.30 bits per heavy atom. The fraction of sp³-hybridized carbons (Fsp3) is 0.0556. The molecule has 2 aromatic carbocycles. The van der Waals surface area contributed by atoms with Crippen molar-refractivity contribution in [1.82, 2.24) is 15.8 Å². The van der Waals surface area contributed by atoms with Crippen molar-refractivity contribution in [1.29, 1.82) is 0 Å². The second-order valence-electron chi connectivity index (χ2n) is 5.30. The molecular formula is C18H13Cl2N3O3S. The summed E-state index contributed by atoms with van der Waals surface area (Å²) in [4.78, 5) is 28.4. The lowest BCUT2D eigenvalue weighted by Crippen LogP contribution is -2.41. The van der Waals surface area contributed by atoms with Crippen LogP contribution in [0.1, 0.15) is 26.4 Å². The van der Waals surface area contributed by atoms with Gasteiger partial charge in [-0.05, 0) is 36.4 Å². The Bertz CT molecular complexity index is 927. The molecule has 1 aromatic heterocycles. The molecule has 0 spiro atoms. The molecule has 0 atom stereocenters. The molecule has 138 valence electrons. The van der Waals surface area contributed by atoms with E-state index in [0.29, 0.717) is 17.9 Å². The van der Waals surface area contributed by atoms with Gasteiger partial charge in [-0.1, -0.05) is 29.3 Å². The molecule has 2 N–H and O–H groups in total. The normalized spacial score (nSPS) is 10.3. The van der Waals surface area contributed by atoms with Gasteiger partial charge in [0.05, 0.1) is 26.8 Å². The van der Waals surface area contributed by atoms with E-state index in [9.17, 15) is 9.59 Å². The molecule has 0 aliphatic rings. The molecule has 0 aliphatic heterocycles. The first-order chi connectivity index (χ1) is 13.0. The van der Waals surface area contributed by atoms with Crippen LogP contribution in [0.5, 0.6) is 5.75 Å². The molecule has 3 aromatic rings. The molecule has 0 saturated heterocycles. The molecule has 0 unspecified atom stereocenters. The summed E-state index contributed by atoms with van der Waals surface area (Å²) in [5.74, 6) is -0.494. The molecule has 0 fully saturated rings. The summed E-state index contributed by atoms with van der Waals surface area (Å²) in [6.07, 6.45) is 0. The zero-order valence-corrected chi connectivity index (χ0v) is 16.1. The highest BCUT2D eigenvalue weighted by Crippen LogP contribution is 2.23. The van der Waals surface area contributed by atoms with Gasteiger partial charge in [-0.2, -0.15) is 0 Å². The Balaban J connectivity index is 1.55. The van der Waals surface area contributed by atoms with E-state index in [4.69, 9.17) is 27.9 Å². The van der Waals surface area contributed by atoms with Crippen LogP contribution in [0.15, 0.2) is 53.4 Å². The van der Waals surface area contributed by atoms with Gasteiger partial charge < -0.3 is 4.74 Å². The number of nitrogens with zero attached hydrogens (tertiary/aromatic N) is 1. The average molecular weight is 422 g/mol. The maximum Gasteiger partial charge on any atom is 0.272 e. The molecule has 2 amide bonds. The summed E-state index contributed by atoms with van der Waals surface area (Å²) < 4.78 is 5.58. The van der Waals surface area contributed by atoms with Crippen LogP contribution in [0.25, 0.3) is 0 Å². The van der Waals surface area contributed by atoms with Gasteiger partial charge in [0, 0.05) is 10.9 Å². The van der Waals surface area contributed by atoms with Crippen molar-refractivity contribution in [3.63, 3.8) is 0 Å². The van der Waals surface area contributed by atoms with Crippen LogP contribution in [0.2, 0.25) is 10.0 Å². The lowest BCUT2D eigenvalue weighted by atomic mass is 10.2. The molecule has 1 heterocycles. The predicted octanol–water partition coefficient (Wildman–Crippen LogP) is 4.10. The highest BCUT2D eigenvalue weighted by atomic mass is 35.5. The molecule has 9 heteroatoms. The molecule has 0 aliphatic carbocycles. The van der Waals surface area contributed by atoms with Crippen molar-refractivity contribution in [3.8, 4) is 5.75 Å². The fourth-order valence-electron chi connectivity index (χ4n) is 2.13. The second kappa shape index (κ2) is 8.85. The molecule has 0 radical (unpaired) electrons. The fourth-order valence-corrected chi connectivity index (χ4v) is 3.24. The van der Waals surface area contributed by atoms with E-state index < -0.39 is 11.8 Å². The number of nitrogens with one attached hydrogen (secondary N) is 2. The molecular weight excluding hydrogens is 409 g/mol. The number of hydrazine groups is 1. The molecule has 27 heavy (non-hydrogen) atoms. The number of carbonyl (C=O) groups excluding carboxylic acids is 2. The van der Waals surface area contributed by atoms with Crippen LogP contribution in [-0.2, 0) is 6.61 Å². The topological polar surface area (TPSA) is 80.3 Å². The molecule has 3 rings (SSSR count). The van der Waals surface area contributed by atoms with Gasteiger partial charge >= 0.3 is 0 Å². The first kappa shape index (κ1) is 19.2. The zero-order valence-electron chi connectivity index (χ0n) is 13.7. The standard InChI is InChI=1S/C18H13Cl2N3O3S/c19-14-2-1-3-15(20)16(14)18(25)23-22-17(24)11-4-6-13(7-5-11)26-8-12-9-27-10-21-12/h1-7,9-10H,8H2,(H,22,24)(H,23,25). The van der Waals surface area contributed by atoms with E-state index in [0.717, 1.165) is 5.69 Å². The SMILES string of the molecule is O=C(NNC(=O)c1c(Cl)cccc1Cl)c1ccc(OCc2cscn2)cc1. The van der Waals surface area contributed by atoms with Crippen LogP contribution in [0, 0.1) is 0 Å². The molecule has 6 nitrogen and oxygen atoms in total. The van der Waals surface area contributed by atoms with Gasteiger partial charge in [0.25, 0.3) is 11.8 Å². The van der Waals surface area contributed by atoms with E-state index in [1.54, 1.807) is 35.8 Å². The smallest absolute Gasteiger partial charge is 0.272 e. The lowest BCUT2D eigenvalue weighted by Gasteiger charge is -2.10. The highest BCUT2D eigenvalue weighted by Gasteiger charge is 2.15. The van der Waals surface area contributed by atoms with Crippen LogP contribution in [-0.4, -0.2) is 16.8 Å². The van der Waals surface area contributed by atoms with E-state index in [2.05, 4.69) is 15.8 Å². The number of carbonyl (C=O) groups is 2. The Labute approximate surface area is 169 Å². The van der Waals surface area contributed by atoms with Gasteiger partial charge in [0.15, 0.2) is 0 Å². The van der Waals surface area contributed by atoms with Gasteiger partial charge in [-0.25, -0.2) is 4.98 Å². The summed E-state index contributed by atoms with van der Waals surface area (Å²) in [6.45, 7) is 0.351. The van der Waals surface area contributed by atoms with E-state index in [1.807, 2.05) is 5.38 Å². The third kappa shape index (κ3) is 4.97.